The van der Waals surface area contributed by atoms with Crippen molar-refractivity contribution in [3.8, 4) is 16.9 Å². The molecule has 0 heterocycles. The quantitative estimate of drug-likeness (QED) is 0.287. The number of anilines is 2. The molecule has 0 aliphatic heterocycles. The Morgan fingerprint density at radius 1 is 1.03 bits per heavy atom. The van der Waals surface area contributed by atoms with Gasteiger partial charge < -0.3 is 15.4 Å². The summed E-state index contributed by atoms with van der Waals surface area (Å²) >= 11 is 3.40. The summed E-state index contributed by atoms with van der Waals surface area (Å²) in [6.45, 7) is 1.84. The Morgan fingerprint density at radius 2 is 1.75 bits per heavy atom. The monoisotopic (exact) mass is 492 g/mol. The first-order chi connectivity index (χ1) is 15.6. The van der Waals surface area contributed by atoms with Gasteiger partial charge in [-0.15, -0.1) is 0 Å². The average molecular weight is 493 g/mol. The molecule has 0 aliphatic carbocycles. The van der Waals surface area contributed by atoms with Crippen molar-refractivity contribution in [2.75, 3.05) is 24.8 Å². The number of hydrogen-bond acceptors (Lipinski definition) is 4. The van der Waals surface area contributed by atoms with Gasteiger partial charge in [0.15, 0.2) is 0 Å². The number of hydrazone groups is 1. The van der Waals surface area contributed by atoms with Crippen molar-refractivity contribution in [1.82, 2.24) is 5.01 Å². The van der Waals surface area contributed by atoms with Crippen molar-refractivity contribution in [3.63, 3.8) is 0 Å². The van der Waals surface area contributed by atoms with Crippen molar-refractivity contribution >= 4 is 45.2 Å². The summed E-state index contributed by atoms with van der Waals surface area (Å²) in [6, 6.07) is 22.7. The number of hydrogen-bond donors (Lipinski definition) is 2. The molecular weight excluding hydrogens is 468 g/mol. The highest BCUT2D eigenvalue weighted by Crippen LogP contribution is 2.32. The Kier molecular flexibility index (Phi) is 8.05. The Balaban J connectivity index is 1.84. The molecule has 0 radical (unpaired) electrons. The molecule has 0 atom stereocenters. The maximum absolute atomic E-state index is 12.8. The number of methoxy groups -OCH3 is 1. The van der Waals surface area contributed by atoms with Gasteiger partial charge >= 0.3 is 6.03 Å². The minimum Gasteiger partial charge on any atom is -0.496 e. The van der Waals surface area contributed by atoms with E-state index in [9.17, 15) is 4.79 Å². The van der Waals surface area contributed by atoms with Crippen molar-refractivity contribution in [3.05, 3.63) is 83.3 Å². The standard InChI is InChI=1S/C25H25BrN4O2/c1-4-27-30(2)23(17-26)21-16-19(14-15-24(21)32-3)28-25(31)29-22-13-9-8-12-20(22)18-10-6-5-7-11-18/h4-17H,1-3H3,(H2,28,29,31)/b23-17+,27-4-. The first kappa shape index (κ1) is 23.1. The van der Waals surface area contributed by atoms with E-state index in [2.05, 4.69) is 31.7 Å². The fourth-order valence-electron chi connectivity index (χ4n) is 3.27. The van der Waals surface area contributed by atoms with Crippen LogP contribution in [-0.4, -0.2) is 31.4 Å². The summed E-state index contributed by atoms with van der Waals surface area (Å²) in [7, 11) is 3.44. The minimum absolute atomic E-state index is 0.339. The molecule has 3 aromatic rings. The third-order valence-electron chi connectivity index (χ3n) is 4.73. The molecule has 2 N–H and O–H groups in total. The number of carbonyl (C=O) groups is 1. The van der Waals surface area contributed by atoms with Crippen LogP contribution in [0.3, 0.4) is 0 Å². The third-order valence-corrected chi connectivity index (χ3v) is 5.17. The second kappa shape index (κ2) is 11.2. The van der Waals surface area contributed by atoms with E-state index in [1.165, 1.54) is 0 Å². The van der Waals surface area contributed by atoms with Gasteiger partial charge in [-0.2, -0.15) is 5.10 Å². The van der Waals surface area contributed by atoms with Gasteiger partial charge in [0, 0.05) is 35.1 Å². The number of benzene rings is 3. The smallest absolute Gasteiger partial charge is 0.323 e. The number of nitrogens with zero attached hydrogens (tertiary/aromatic N) is 2. The normalized spacial score (nSPS) is 11.3. The van der Waals surface area contributed by atoms with E-state index in [-0.39, 0.29) is 6.03 Å². The van der Waals surface area contributed by atoms with Gasteiger partial charge in [-0.05, 0) is 36.8 Å². The van der Waals surface area contributed by atoms with Gasteiger partial charge in [-0.1, -0.05) is 64.5 Å². The molecule has 0 bridgehead atoms. The Morgan fingerprint density at radius 3 is 2.44 bits per heavy atom. The molecule has 3 rings (SSSR count). The van der Waals surface area contributed by atoms with Crippen LogP contribution in [0, 0.1) is 0 Å². The largest absolute Gasteiger partial charge is 0.496 e. The fourth-order valence-corrected chi connectivity index (χ4v) is 3.81. The Bertz CT molecular complexity index is 1130. The van der Waals surface area contributed by atoms with E-state index in [4.69, 9.17) is 4.74 Å². The van der Waals surface area contributed by atoms with Gasteiger partial charge in [-0.3, -0.25) is 5.01 Å². The third kappa shape index (κ3) is 5.56. The first-order valence-electron chi connectivity index (χ1n) is 10.0. The number of carbonyl (C=O) groups excluding carboxylic acids is 1. The topological polar surface area (TPSA) is 66.0 Å². The van der Waals surface area contributed by atoms with Crippen LogP contribution in [0.4, 0.5) is 16.2 Å². The molecule has 0 unspecified atom stereocenters. The summed E-state index contributed by atoms with van der Waals surface area (Å²) in [6.07, 6.45) is 1.70. The van der Waals surface area contributed by atoms with Crippen molar-refractivity contribution < 1.29 is 9.53 Å². The van der Waals surface area contributed by atoms with Crippen LogP contribution in [0.15, 0.2) is 82.9 Å². The van der Waals surface area contributed by atoms with Crippen LogP contribution in [0.5, 0.6) is 5.75 Å². The molecule has 0 fully saturated rings. The number of para-hydroxylation sites is 1. The van der Waals surface area contributed by atoms with Gasteiger partial charge in [-0.25, -0.2) is 4.79 Å². The SMILES string of the molecule is C/C=N\N(C)/C(=C/Br)c1cc(NC(=O)Nc2ccccc2-c2ccccc2)ccc1OC. The number of urea groups is 1. The summed E-state index contributed by atoms with van der Waals surface area (Å²) in [5.74, 6) is 0.661. The van der Waals surface area contributed by atoms with Crippen LogP contribution < -0.4 is 15.4 Å². The Labute approximate surface area is 196 Å². The summed E-state index contributed by atoms with van der Waals surface area (Å²) in [5, 5.41) is 11.9. The predicted octanol–water partition coefficient (Wildman–Crippen LogP) is 6.64. The van der Waals surface area contributed by atoms with E-state index >= 15 is 0 Å². The number of ether oxygens (including phenoxy) is 1. The molecule has 2 amide bonds. The molecule has 0 saturated heterocycles. The molecule has 7 heteroatoms. The highest BCUT2D eigenvalue weighted by molar-refractivity contribution is 9.11. The van der Waals surface area contributed by atoms with Gasteiger partial charge in [0.1, 0.15) is 5.75 Å². The Hall–Kier alpha value is -3.58. The summed E-state index contributed by atoms with van der Waals surface area (Å²) < 4.78 is 5.51. The van der Waals surface area contributed by atoms with Crippen LogP contribution in [0.25, 0.3) is 16.8 Å². The van der Waals surface area contributed by atoms with Gasteiger partial charge in [0.05, 0.1) is 18.5 Å². The van der Waals surface area contributed by atoms with E-state index in [1.807, 2.05) is 80.7 Å². The average Bonchev–Trinajstić information content (AvgIpc) is 2.81. The van der Waals surface area contributed by atoms with E-state index in [0.717, 1.165) is 28.1 Å². The highest BCUT2D eigenvalue weighted by atomic mass is 79.9. The summed E-state index contributed by atoms with van der Waals surface area (Å²) in [4.78, 5) is 14.6. The lowest BCUT2D eigenvalue weighted by Gasteiger charge is -2.20. The molecule has 0 aromatic heterocycles. The minimum atomic E-state index is -0.339. The molecule has 0 aliphatic rings. The van der Waals surface area contributed by atoms with Crippen LogP contribution in [0.2, 0.25) is 0 Å². The van der Waals surface area contributed by atoms with E-state index < -0.39 is 0 Å². The lowest BCUT2D eigenvalue weighted by Crippen LogP contribution is -2.20. The molecule has 6 nitrogen and oxygen atoms in total. The second-order valence-corrected chi connectivity index (χ2v) is 7.26. The summed E-state index contributed by atoms with van der Waals surface area (Å²) in [5.41, 5.74) is 4.88. The molecule has 32 heavy (non-hydrogen) atoms. The van der Waals surface area contributed by atoms with Crippen molar-refractivity contribution in [1.29, 1.82) is 0 Å². The number of nitrogens with one attached hydrogen (secondary N) is 2. The highest BCUT2D eigenvalue weighted by Gasteiger charge is 2.15. The van der Waals surface area contributed by atoms with Crippen LogP contribution in [-0.2, 0) is 0 Å². The number of halogens is 1. The van der Waals surface area contributed by atoms with Crippen LogP contribution in [0.1, 0.15) is 12.5 Å². The molecule has 3 aromatic carbocycles. The van der Waals surface area contributed by atoms with Crippen LogP contribution >= 0.6 is 15.9 Å². The van der Waals surface area contributed by atoms with E-state index in [0.29, 0.717) is 11.4 Å². The molecule has 0 saturated carbocycles. The molecular formula is C25H25BrN4O2. The zero-order valence-corrected chi connectivity index (χ0v) is 19.8. The van der Waals surface area contributed by atoms with Crippen molar-refractivity contribution in [2.24, 2.45) is 5.10 Å². The van der Waals surface area contributed by atoms with Crippen molar-refractivity contribution in [2.45, 2.75) is 6.92 Å². The van der Waals surface area contributed by atoms with Gasteiger partial charge in [0.2, 0.25) is 0 Å². The lowest BCUT2D eigenvalue weighted by atomic mass is 10.0. The zero-order valence-electron chi connectivity index (χ0n) is 18.2. The lowest BCUT2D eigenvalue weighted by molar-refractivity contribution is 0.262. The zero-order chi connectivity index (χ0) is 22.9. The molecule has 164 valence electrons. The predicted molar refractivity (Wildman–Crippen MR) is 136 cm³/mol. The fraction of sp³-hybridized carbons (Fsp3) is 0.120. The van der Waals surface area contributed by atoms with Gasteiger partial charge in [0.25, 0.3) is 0 Å². The second-order valence-electron chi connectivity index (χ2n) is 6.80. The first-order valence-corrected chi connectivity index (χ1v) is 10.9. The van der Waals surface area contributed by atoms with E-state index in [1.54, 1.807) is 29.4 Å². The number of amides is 2. The molecule has 0 spiro atoms. The maximum Gasteiger partial charge on any atom is 0.323 e. The maximum atomic E-state index is 12.8. The number of rotatable bonds is 7.